The minimum atomic E-state index is -1.41. The molecule has 2 aromatic rings. The van der Waals surface area contributed by atoms with Crippen LogP contribution >= 0.6 is 11.6 Å². The first kappa shape index (κ1) is 31.1. The van der Waals surface area contributed by atoms with Gasteiger partial charge >= 0.3 is 6.09 Å². The molecule has 224 valence electrons. The molecule has 1 aliphatic carbocycles. The van der Waals surface area contributed by atoms with Crippen LogP contribution in [0.15, 0.2) is 42.5 Å². The van der Waals surface area contributed by atoms with Gasteiger partial charge < -0.3 is 35.6 Å². The average Bonchev–Trinajstić information content (AvgIpc) is 3.33. The normalized spacial score (nSPS) is 24.0. The third kappa shape index (κ3) is 7.33. The molecular weight excluding hydrogens is 546 g/mol. The highest BCUT2D eigenvalue weighted by Crippen LogP contribution is 2.47. The second kappa shape index (κ2) is 13.9. The third-order valence-electron chi connectivity index (χ3n) is 8.48. The lowest BCUT2D eigenvalue weighted by Crippen LogP contribution is -2.49. The van der Waals surface area contributed by atoms with Gasteiger partial charge in [0.25, 0.3) is 0 Å². The first-order valence-corrected chi connectivity index (χ1v) is 14.9. The number of para-hydroxylation sites is 1. The first-order valence-electron chi connectivity index (χ1n) is 14.5. The number of piperidine rings is 1. The second-order valence-electron chi connectivity index (χ2n) is 11.2. The minimum Gasteiger partial charge on any atom is -0.455 e. The zero-order chi connectivity index (χ0) is 29.6. The van der Waals surface area contributed by atoms with Crippen molar-refractivity contribution < 1.29 is 29.3 Å². The van der Waals surface area contributed by atoms with Crippen molar-refractivity contribution in [2.24, 2.45) is 17.6 Å². The van der Waals surface area contributed by atoms with Crippen molar-refractivity contribution in [3.8, 4) is 11.5 Å². The van der Waals surface area contributed by atoms with Crippen LogP contribution in [0.5, 0.6) is 11.5 Å². The molecule has 1 heterocycles. The van der Waals surface area contributed by atoms with E-state index in [1.54, 1.807) is 17.0 Å². The number of rotatable bonds is 10. The molecule has 1 aliphatic heterocycles. The predicted molar refractivity (Wildman–Crippen MR) is 157 cm³/mol. The number of nitrogens with two attached hydrogens (primary N) is 1. The lowest BCUT2D eigenvalue weighted by molar-refractivity contribution is -0.141. The summed E-state index contributed by atoms with van der Waals surface area (Å²) in [5, 5.41) is 25.8. The number of likely N-dealkylation sites (tertiary alicyclic amines) is 1. The monoisotopic (exact) mass is 587 g/mol. The van der Waals surface area contributed by atoms with E-state index in [1.807, 2.05) is 30.3 Å². The van der Waals surface area contributed by atoms with Crippen LogP contribution in [0, 0.1) is 11.8 Å². The maximum Gasteiger partial charge on any atom is 0.406 e. The number of benzene rings is 2. The Hall–Kier alpha value is -2.85. The van der Waals surface area contributed by atoms with E-state index in [1.165, 1.54) is 7.11 Å². The molecule has 0 aromatic heterocycles. The Kier molecular flexibility index (Phi) is 10.5. The quantitative estimate of drug-likeness (QED) is 0.303. The number of carbonyl (C=O) groups is 2. The van der Waals surface area contributed by atoms with E-state index >= 15 is 0 Å². The number of amides is 2. The van der Waals surface area contributed by atoms with Crippen molar-refractivity contribution >= 4 is 23.6 Å². The predicted octanol–water partition coefficient (Wildman–Crippen LogP) is 4.36. The Bertz CT molecular complexity index is 1200. The molecule has 0 bridgehead atoms. The van der Waals surface area contributed by atoms with Gasteiger partial charge in [-0.15, -0.1) is 0 Å². The Morgan fingerprint density at radius 2 is 2.00 bits per heavy atom. The lowest BCUT2D eigenvalue weighted by Gasteiger charge is -2.44. The molecule has 1 unspecified atom stereocenters. The molecule has 1 saturated heterocycles. The number of nitrogens with one attached hydrogen (secondary N) is 1. The van der Waals surface area contributed by atoms with Gasteiger partial charge in [0.15, 0.2) is 5.75 Å². The number of ether oxygens (including phenoxy) is 2. The van der Waals surface area contributed by atoms with Crippen molar-refractivity contribution in [3.05, 3.63) is 58.6 Å². The Labute approximate surface area is 247 Å². The van der Waals surface area contributed by atoms with Crippen molar-refractivity contribution in [1.29, 1.82) is 0 Å². The van der Waals surface area contributed by atoms with E-state index in [0.29, 0.717) is 73.8 Å². The number of nitrogens with zero attached hydrogens (tertiary/aromatic N) is 1. The number of halogens is 1. The highest BCUT2D eigenvalue weighted by atomic mass is 35.5. The summed E-state index contributed by atoms with van der Waals surface area (Å²) in [6, 6.07) is 12.7. The molecule has 5 atom stereocenters. The van der Waals surface area contributed by atoms with E-state index in [4.69, 9.17) is 22.1 Å². The number of aliphatic hydroxyl groups is 2. The third-order valence-corrected chi connectivity index (χ3v) is 8.78. The van der Waals surface area contributed by atoms with Crippen LogP contribution in [0.25, 0.3) is 0 Å². The second-order valence-corrected chi connectivity index (χ2v) is 11.6. The van der Waals surface area contributed by atoms with Crippen molar-refractivity contribution in [2.45, 2.75) is 69.6 Å². The van der Waals surface area contributed by atoms with Gasteiger partial charge in [0.2, 0.25) is 5.91 Å². The maximum atomic E-state index is 13.5. The Morgan fingerprint density at radius 1 is 1.22 bits per heavy atom. The van der Waals surface area contributed by atoms with Crippen molar-refractivity contribution in [2.75, 3.05) is 26.7 Å². The number of carbonyl (C=O) groups excluding carboxylic acids is 2. The van der Waals surface area contributed by atoms with Gasteiger partial charge in [0, 0.05) is 43.1 Å². The van der Waals surface area contributed by atoms with Gasteiger partial charge in [0.05, 0.1) is 23.8 Å². The summed E-state index contributed by atoms with van der Waals surface area (Å²) >= 11 is 6.70. The summed E-state index contributed by atoms with van der Waals surface area (Å²) in [6.45, 7) is 3.30. The zero-order valence-corrected chi connectivity index (χ0v) is 24.6. The molecule has 4 rings (SSSR count). The fourth-order valence-corrected chi connectivity index (χ4v) is 6.37. The SMILES string of the molecule is CCc1cccc(Oc2c(Cl)cccc2C(O)(CCCNC(=O)OC)[C@@H]2CCCN(C(=O)[C@H]3C[C@@H](N)[C@@H](O)C3)C2)c1. The molecule has 2 aliphatic rings. The van der Waals surface area contributed by atoms with Gasteiger partial charge in [-0.25, -0.2) is 4.79 Å². The lowest BCUT2D eigenvalue weighted by atomic mass is 9.73. The molecule has 41 heavy (non-hydrogen) atoms. The number of methoxy groups -OCH3 is 1. The van der Waals surface area contributed by atoms with Crippen LogP contribution in [0.1, 0.15) is 56.6 Å². The molecule has 9 nitrogen and oxygen atoms in total. The Morgan fingerprint density at radius 3 is 2.71 bits per heavy atom. The van der Waals surface area contributed by atoms with Crippen molar-refractivity contribution in [1.82, 2.24) is 10.2 Å². The molecule has 2 aromatic carbocycles. The van der Waals surface area contributed by atoms with Gasteiger partial charge in [-0.1, -0.05) is 42.8 Å². The van der Waals surface area contributed by atoms with Crippen LogP contribution in [-0.2, 0) is 21.6 Å². The average molecular weight is 588 g/mol. The summed E-state index contributed by atoms with van der Waals surface area (Å²) in [5.74, 6) is 0.313. The zero-order valence-electron chi connectivity index (χ0n) is 23.9. The summed E-state index contributed by atoms with van der Waals surface area (Å²) in [7, 11) is 1.30. The maximum absolute atomic E-state index is 13.5. The molecule has 10 heteroatoms. The number of aryl methyl sites for hydroxylation is 1. The highest BCUT2D eigenvalue weighted by molar-refractivity contribution is 6.32. The molecule has 5 N–H and O–H groups in total. The molecular formula is C31H42ClN3O6. The van der Waals surface area contributed by atoms with Crippen LogP contribution in [0.2, 0.25) is 5.02 Å². The van der Waals surface area contributed by atoms with Crippen LogP contribution in [-0.4, -0.2) is 66.0 Å². The summed E-state index contributed by atoms with van der Waals surface area (Å²) in [5.41, 5.74) is 6.24. The molecule has 2 fully saturated rings. The van der Waals surface area contributed by atoms with Gasteiger partial charge in [-0.2, -0.15) is 0 Å². The van der Waals surface area contributed by atoms with E-state index in [-0.39, 0.29) is 17.7 Å². The van der Waals surface area contributed by atoms with E-state index in [9.17, 15) is 19.8 Å². The van der Waals surface area contributed by atoms with Crippen molar-refractivity contribution in [3.63, 3.8) is 0 Å². The van der Waals surface area contributed by atoms with Gasteiger partial charge in [0.1, 0.15) is 5.75 Å². The van der Waals surface area contributed by atoms with Gasteiger partial charge in [-0.3, -0.25) is 4.79 Å². The van der Waals surface area contributed by atoms with E-state index < -0.39 is 23.8 Å². The highest BCUT2D eigenvalue weighted by Gasteiger charge is 2.45. The number of hydrogen-bond acceptors (Lipinski definition) is 7. The standard InChI is InChI=1S/C31H42ClN3O6/c1-3-20-8-4-10-23(16-20)41-28-24(11-5-12-25(28)32)31(39,13-7-14-34-30(38)40-2)22-9-6-15-35(19-22)29(37)21-17-26(33)27(36)18-21/h4-5,8,10-12,16,21-22,26-27,36,39H,3,6-7,9,13-15,17-19,33H2,1-2H3,(H,34,38)/t21-,22+,26+,27-,31?/m0/s1. The number of alkyl carbamates (subject to hydrolysis) is 1. The van der Waals surface area contributed by atoms with Crippen LogP contribution in [0.4, 0.5) is 4.79 Å². The number of hydrogen-bond donors (Lipinski definition) is 4. The van der Waals surface area contributed by atoms with E-state index in [0.717, 1.165) is 18.4 Å². The molecule has 2 amide bonds. The first-order chi connectivity index (χ1) is 19.7. The largest absolute Gasteiger partial charge is 0.455 e. The summed E-state index contributed by atoms with van der Waals surface area (Å²) in [6.07, 6.45) is 2.59. The minimum absolute atomic E-state index is 0.0321. The topological polar surface area (TPSA) is 134 Å². The molecule has 1 saturated carbocycles. The molecule has 0 spiro atoms. The van der Waals surface area contributed by atoms with Crippen LogP contribution < -0.4 is 15.8 Å². The Balaban J connectivity index is 1.64. The number of aliphatic hydroxyl groups excluding tert-OH is 1. The summed E-state index contributed by atoms with van der Waals surface area (Å²) in [4.78, 5) is 26.9. The fourth-order valence-electron chi connectivity index (χ4n) is 6.15. The molecule has 0 radical (unpaired) electrons. The fraction of sp³-hybridized carbons (Fsp3) is 0.548. The van der Waals surface area contributed by atoms with E-state index in [2.05, 4.69) is 17.0 Å². The van der Waals surface area contributed by atoms with Crippen LogP contribution in [0.3, 0.4) is 0 Å². The van der Waals surface area contributed by atoms with Gasteiger partial charge in [-0.05, 0) is 68.7 Å². The smallest absolute Gasteiger partial charge is 0.406 e. The summed E-state index contributed by atoms with van der Waals surface area (Å²) < 4.78 is 11.0.